The van der Waals surface area contributed by atoms with Gasteiger partial charge in [0.05, 0.1) is 11.9 Å². The number of piperazine rings is 1. The van der Waals surface area contributed by atoms with Gasteiger partial charge in [-0.2, -0.15) is 0 Å². The van der Waals surface area contributed by atoms with Gasteiger partial charge in [-0.15, -0.1) is 0 Å². The second-order valence-electron chi connectivity index (χ2n) is 5.20. The number of hydrogen-bond acceptors (Lipinski definition) is 3. The van der Waals surface area contributed by atoms with Gasteiger partial charge in [-0.3, -0.25) is 4.90 Å². The van der Waals surface area contributed by atoms with Crippen LogP contribution in [0.3, 0.4) is 0 Å². The summed E-state index contributed by atoms with van der Waals surface area (Å²) in [7, 11) is 0. The first-order valence-corrected chi connectivity index (χ1v) is 6.62. The Morgan fingerprint density at radius 2 is 2.33 bits per heavy atom. The molecule has 3 heterocycles. The summed E-state index contributed by atoms with van der Waals surface area (Å²) in [6.45, 7) is 8.67. The Balaban J connectivity index is 1.86. The summed E-state index contributed by atoms with van der Waals surface area (Å²) in [6, 6.07) is 6.85. The maximum absolute atomic E-state index is 4.48. The molecule has 1 N–H and O–H groups in total. The van der Waals surface area contributed by atoms with Gasteiger partial charge in [0.1, 0.15) is 5.65 Å². The molecule has 4 heteroatoms. The number of hydrogen-bond donors (Lipinski definition) is 1. The van der Waals surface area contributed by atoms with Crippen LogP contribution in [0.15, 0.2) is 24.4 Å². The van der Waals surface area contributed by atoms with E-state index < -0.39 is 0 Å². The molecule has 3 rings (SSSR count). The van der Waals surface area contributed by atoms with Crippen LogP contribution in [0, 0.1) is 6.92 Å². The SMILES string of the molecule is Cc1cccc2ncc(CN3CCN[C@H](C)C3)n12. The minimum absolute atomic E-state index is 0.582. The van der Waals surface area contributed by atoms with E-state index in [-0.39, 0.29) is 0 Å². The lowest BCUT2D eigenvalue weighted by Crippen LogP contribution is -2.48. The molecule has 0 radical (unpaired) electrons. The quantitative estimate of drug-likeness (QED) is 0.867. The zero-order valence-corrected chi connectivity index (χ0v) is 11.1. The van der Waals surface area contributed by atoms with Crippen LogP contribution in [-0.4, -0.2) is 40.0 Å². The third-order valence-corrected chi connectivity index (χ3v) is 3.64. The summed E-state index contributed by atoms with van der Waals surface area (Å²) in [6.07, 6.45) is 2.01. The Bertz CT molecular complexity index is 546. The van der Waals surface area contributed by atoms with E-state index >= 15 is 0 Å². The highest BCUT2D eigenvalue weighted by Gasteiger charge is 2.17. The molecule has 2 aromatic heterocycles. The molecule has 0 saturated carbocycles. The minimum atomic E-state index is 0.582. The molecule has 0 bridgehead atoms. The fourth-order valence-electron chi connectivity index (χ4n) is 2.77. The highest BCUT2D eigenvalue weighted by Crippen LogP contribution is 2.13. The molecular weight excluding hydrogens is 224 g/mol. The number of fused-ring (bicyclic) bond motifs is 1. The molecule has 0 amide bonds. The van der Waals surface area contributed by atoms with Gasteiger partial charge in [-0.05, 0) is 26.0 Å². The van der Waals surface area contributed by atoms with Gasteiger partial charge in [-0.1, -0.05) is 6.07 Å². The highest BCUT2D eigenvalue weighted by molar-refractivity contribution is 5.42. The topological polar surface area (TPSA) is 32.6 Å². The maximum Gasteiger partial charge on any atom is 0.137 e. The standard InChI is InChI=1S/C14H20N4/c1-11-9-17(7-6-15-11)10-13-8-16-14-5-3-4-12(2)18(13)14/h3-5,8,11,15H,6-7,9-10H2,1-2H3/t11-/m1/s1. The first-order chi connectivity index (χ1) is 8.74. The zero-order valence-electron chi connectivity index (χ0n) is 11.1. The van der Waals surface area contributed by atoms with Crippen molar-refractivity contribution in [1.29, 1.82) is 0 Å². The van der Waals surface area contributed by atoms with E-state index in [1.807, 2.05) is 6.20 Å². The molecule has 1 saturated heterocycles. The smallest absolute Gasteiger partial charge is 0.137 e. The lowest BCUT2D eigenvalue weighted by molar-refractivity contribution is 0.197. The molecule has 1 atom stereocenters. The number of rotatable bonds is 2. The highest BCUT2D eigenvalue weighted by atomic mass is 15.2. The van der Waals surface area contributed by atoms with E-state index in [1.54, 1.807) is 0 Å². The van der Waals surface area contributed by atoms with Crippen molar-refractivity contribution in [2.45, 2.75) is 26.4 Å². The van der Waals surface area contributed by atoms with Crippen molar-refractivity contribution in [1.82, 2.24) is 19.6 Å². The molecule has 1 aliphatic rings. The Morgan fingerprint density at radius 3 is 3.17 bits per heavy atom. The number of aromatic nitrogens is 2. The van der Waals surface area contributed by atoms with E-state index in [1.165, 1.54) is 11.4 Å². The molecule has 0 aliphatic carbocycles. The van der Waals surface area contributed by atoms with Crippen molar-refractivity contribution in [2.75, 3.05) is 19.6 Å². The number of nitrogens with one attached hydrogen (secondary N) is 1. The van der Waals surface area contributed by atoms with Crippen LogP contribution in [0.2, 0.25) is 0 Å². The number of aryl methyl sites for hydroxylation is 1. The Kier molecular flexibility index (Phi) is 3.06. The third kappa shape index (κ3) is 2.13. The monoisotopic (exact) mass is 244 g/mol. The molecule has 1 aliphatic heterocycles. The van der Waals surface area contributed by atoms with Crippen LogP contribution in [0.25, 0.3) is 5.65 Å². The molecule has 0 aromatic carbocycles. The summed E-state index contributed by atoms with van der Waals surface area (Å²) in [5.41, 5.74) is 3.59. The minimum Gasteiger partial charge on any atom is -0.312 e. The Hall–Kier alpha value is -1.39. The normalized spacial score (nSPS) is 21.6. The van der Waals surface area contributed by atoms with E-state index in [4.69, 9.17) is 0 Å². The summed E-state index contributed by atoms with van der Waals surface area (Å²) in [4.78, 5) is 6.98. The van der Waals surface area contributed by atoms with Crippen molar-refractivity contribution >= 4 is 5.65 Å². The van der Waals surface area contributed by atoms with E-state index in [2.05, 4.69) is 51.6 Å². The summed E-state index contributed by atoms with van der Waals surface area (Å²) >= 11 is 0. The van der Waals surface area contributed by atoms with Crippen molar-refractivity contribution < 1.29 is 0 Å². The predicted octanol–water partition coefficient (Wildman–Crippen LogP) is 1.44. The van der Waals surface area contributed by atoms with Crippen LogP contribution in [0.4, 0.5) is 0 Å². The second kappa shape index (κ2) is 4.71. The maximum atomic E-state index is 4.48. The van der Waals surface area contributed by atoms with Crippen LogP contribution in [0.5, 0.6) is 0 Å². The lowest BCUT2D eigenvalue weighted by atomic mass is 10.2. The summed E-state index contributed by atoms with van der Waals surface area (Å²) < 4.78 is 2.26. The molecular formula is C14H20N4. The van der Waals surface area contributed by atoms with Crippen molar-refractivity contribution in [3.63, 3.8) is 0 Å². The molecule has 2 aromatic rings. The number of pyridine rings is 1. The van der Waals surface area contributed by atoms with Crippen molar-refractivity contribution in [2.24, 2.45) is 0 Å². The number of nitrogens with zero attached hydrogens (tertiary/aromatic N) is 3. The lowest BCUT2D eigenvalue weighted by Gasteiger charge is -2.31. The van der Waals surface area contributed by atoms with Gasteiger partial charge in [-0.25, -0.2) is 4.98 Å². The van der Waals surface area contributed by atoms with Gasteiger partial charge in [0.25, 0.3) is 0 Å². The molecule has 18 heavy (non-hydrogen) atoms. The molecule has 4 nitrogen and oxygen atoms in total. The van der Waals surface area contributed by atoms with Crippen molar-refractivity contribution in [3.05, 3.63) is 35.8 Å². The zero-order chi connectivity index (χ0) is 12.5. The Labute approximate surface area is 108 Å². The second-order valence-corrected chi connectivity index (χ2v) is 5.20. The van der Waals surface area contributed by atoms with Gasteiger partial charge in [0.2, 0.25) is 0 Å². The Morgan fingerprint density at radius 1 is 1.44 bits per heavy atom. The molecule has 1 fully saturated rings. The van der Waals surface area contributed by atoms with Crippen molar-refractivity contribution in [3.8, 4) is 0 Å². The van der Waals surface area contributed by atoms with Gasteiger partial charge in [0.15, 0.2) is 0 Å². The largest absolute Gasteiger partial charge is 0.312 e. The van der Waals surface area contributed by atoms with E-state index in [9.17, 15) is 0 Å². The summed E-state index contributed by atoms with van der Waals surface area (Å²) in [5.74, 6) is 0. The van der Waals surface area contributed by atoms with Gasteiger partial charge >= 0.3 is 0 Å². The fourth-order valence-corrected chi connectivity index (χ4v) is 2.77. The van der Waals surface area contributed by atoms with Gasteiger partial charge < -0.3 is 9.72 Å². The first-order valence-electron chi connectivity index (χ1n) is 6.62. The first kappa shape index (κ1) is 11.7. The molecule has 0 spiro atoms. The van der Waals surface area contributed by atoms with Crippen LogP contribution >= 0.6 is 0 Å². The van der Waals surface area contributed by atoms with Gasteiger partial charge in [0, 0.05) is 37.9 Å². The molecule has 0 unspecified atom stereocenters. The average molecular weight is 244 g/mol. The molecule has 96 valence electrons. The fraction of sp³-hybridized carbons (Fsp3) is 0.500. The third-order valence-electron chi connectivity index (χ3n) is 3.64. The summed E-state index contributed by atoms with van der Waals surface area (Å²) in [5, 5.41) is 3.48. The van der Waals surface area contributed by atoms with Crippen LogP contribution in [-0.2, 0) is 6.54 Å². The average Bonchev–Trinajstić information content (AvgIpc) is 2.74. The van der Waals surface area contributed by atoms with Crippen LogP contribution < -0.4 is 5.32 Å². The van der Waals surface area contributed by atoms with Crippen LogP contribution in [0.1, 0.15) is 18.3 Å². The van der Waals surface area contributed by atoms with E-state index in [0.717, 1.165) is 31.8 Å². The number of imidazole rings is 1. The van der Waals surface area contributed by atoms with E-state index in [0.29, 0.717) is 6.04 Å². The predicted molar refractivity (Wildman–Crippen MR) is 72.7 cm³/mol.